The molecule has 0 heterocycles. The van der Waals surface area contributed by atoms with Gasteiger partial charge in [-0.2, -0.15) is 5.26 Å². The van der Waals surface area contributed by atoms with Crippen molar-refractivity contribution in [1.82, 2.24) is 4.90 Å². The van der Waals surface area contributed by atoms with Gasteiger partial charge in [-0.3, -0.25) is 9.69 Å². The summed E-state index contributed by atoms with van der Waals surface area (Å²) in [4.78, 5) is 13.5. The third kappa shape index (κ3) is 3.60. The van der Waals surface area contributed by atoms with Crippen molar-refractivity contribution in [3.05, 3.63) is 35.4 Å². The number of Topliss-reactive ketones (excluding diaryl/α,β-unsaturated/α-hetero) is 1. The van der Waals surface area contributed by atoms with Gasteiger partial charge in [0.1, 0.15) is 0 Å². The van der Waals surface area contributed by atoms with Gasteiger partial charge >= 0.3 is 0 Å². The molecular weight excluding hydrogens is 238 g/mol. The van der Waals surface area contributed by atoms with E-state index in [1.54, 1.807) is 11.9 Å². The SMILES string of the molecule is CC(CC#N)N(C)CC(=O)c1ccc(F)c(F)c1. The molecule has 96 valence electrons. The third-order valence-corrected chi connectivity index (χ3v) is 2.77. The molecule has 0 aromatic heterocycles. The summed E-state index contributed by atoms with van der Waals surface area (Å²) < 4.78 is 25.7. The van der Waals surface area contributed by atoms with Gasteiger partial charge in [0, 0.05) is 11.6 Å². The van der Waals surface area contributed by atoms with E-state index in [1.807, 2.05) is 13.0 Å². The minimum absolute atomic E-state index is 0.0634. The Morgan fingerprint density at radius 2 is 2.11 bits per heavy atom. The van der Waals surface area contributed by atoms with Gasteiger partial charge in [0.2, 0.25) is 0 Å². The second kappa shape index (κ2) is 6.22. The van der Waals surface area contributed by atoms with Gasteiger partial charge in [-0.15, -0.1) is 0 Å². The topological polar surface area (TPSA) is 44.1 Å². The first-order chi connectivity index (χ1) is 8.45. The molecule has 1 rings (SSSR count). The predicted octanol–water partition coefficient (Wildman–Crippen LogP) is 2.38. The Kier molecular flexibility index (Phi) is 4.93. The molecule has 1 aromatic rings. The van der Waals surface area contributed by atoms with E-state index in [9.17, 15) is 13.6 Å². The van der Waals surface area contributed by atoms with E-state index in [2.05, 4.69) is 0 Å². The van der Waals surface area contributed by atoms with Crippen LogP contribution in [0.15, 0.2) is 18.2 Å². The molecule has 0 aliphatic carbocycles. The molecular formula is C13H14F2N2O. The highest BCUT2D eigenvalue weighted by atomic mass is 19.2. The fraction of sp³-hybridized carbons (Fsp3) is 0.385. The van der Waals surface area contributed by atoms with Crippen molar-refractivity contribution in [2.45, 2.75) is 19.4 Å². The molecule has 1 atom stereocenters. The van der Waals surface area contributed by atoms with Gasteiger partial charge in [0.15, 0.2) is 17.4 Å². The van der Waals surface area contributed by atoms with Crippen LogP contribution in [-0.4, -0.2) is 30.3 Å². The highest BCUT2D eigenvalue weighted by Crippen LogP contribution is 2.10. The van der Waals surface area contributed by atoms with Gasteiger partial charge in [-0.1, -0.05) is 0 Å². The summed E-state index contributed by atoms with van der Waals surface area (Å²) >= 11 is 0. The first-order valence-electron chi connectivity index (χ1n) is 5.51. The van der Waals surface area contributed by atoms with E-state index in [-0.39, 0.29) is 23.9 Å². The Labute approximate surface area is 105 Å². The van der Waals surface area contributed by atoms with E-state index < -0.39 is 11.6 Å². The number of nitriles is 1. The minimum Gasteiger partial charge on any atom is -0.295 e. The number of rotatable bonds is 5. The predicted molar refractivity (Wildman–Crippen MR) is 63.0 cm³/mol. The zero-order chi connectivity index (χ0) is 13.7. The van der Waals surface area contributed by atoms with Crippen LogP contribution in [0.2, 0.25) is 0 Å². The molecule has 0 fully saturated rings. The number of nitrogens with zero attached hydrogens (tertiary/aromatic N) is 2. The maximum absolute atomic E-state index is 13.0. The molecule has 0 saturated heterocycles. The Balaban J connectivity index is 2.71. The van der Waals surface area contributed by atoms with Crippen LogP contribution in [0.5, 0.6) is 0 Å². The second-order valence-electron chi connectivity index (χ2n) is 4.18. The van der Waals surface area contributed by atoms with Crippen LogP contribution in [0.1, 0.15) is 23.7 Å². The normalized spacial score (nSPS) is 12.2. The molecule has 5 heteroatoms. The van der Waals surface area contributed by atoms with Crippen molar-refractivity contribution in [3.63, 3.8) is 0 Å². The highest BCUT2D eigenvalue weighted by molar-refractivity contribution is 5.97. The molecule has 0 radical (unpaired) electrons. The van der Waals surface area contributed by atoms with E-state index in [4.69, 9.17) is 5.26 Å². The van der Waals surface area contributed by atoms with Crippen molar-refractivity contribution in [1.29, 1.82) is 5.26 Å². The average Bonchev–Trinajstić information content (AvgIpc) is 2.32. The quantitative estimate of drug-likeness (QED) is 0.756. The molecule has 3 nitrogen and oxygen atoms in total. The Morgan fingerprint density at radius 3 is 2.67 bits per heavy atom. The number of carbonyl (C=O) groups is 1. The van der Waals surface area contributed by atoms with Crippen LogP contribution in [0, 0.1) is 23.0 Å². The smallest absolute Gasteiger partial charge is 0.176 e. The molecule has 0 aliphatic heterocycles. The van der Waals surface area contributed by atoms with E-state index in [0.29, 0.717) is 6.42 Å². The highest BCUT2D eigenvalue weighted by Gasteiger charge is 2.15. The largest absolute Gasteiger partial charge is 0.295 e. The van der Waals surface area contributed by atoms with Crippen LogP contribution >= 0.6 is 0 Å². The van der Waals surface area contributed by atoms with Crippen molar-refractivity contribution in [2.75, 3.05) is 13.6 Å². The fourth-order valence-corrected chi connectivity index (χ4v) is 1.43. The van der Waals surface area contributed by atoms with Crippen LogP contribution in [-0.2, 0) is 0 Å². The lowest BCUT2D eigenvalue weighted by Gasteiger charge is -2.21. The van der Waals surface area contributed by atoms with Crippen LogP contribution in [0.4, 0.5) is 8.78 Å². The van der Waals surface area contributed by atoms with E-state index in [0.717, 1.165) is 12.1 Å². The maximum atomic E-state index is 13.0. The summed E-state index contributed by atoms with van der Waals surface area (Å²) in [5.41, 5.74) is 0.130. The summed E-state index contributed by atoms with van der Waals surface area (Å²) in [5.74, 6) is -2.31. The van der Waals surface area contributed by atoms with Gasteiger partial charge < -0.3 is 0 Å². The summed E-state index contributed by atoms with van der Waals surface area (Å²) in [5, 5.41) is 8.55. The number of benzene rings is 1. The maximum Gasteiger partial charge on any atom is 0.176 e. The van der Waals surface area contributed by atoms with Crippen LogP contribution in [0.25, 0.3) is 0 Å². The summed E-state index contributed by atoms with van der Waals surface area (Å²) in [7, 11) is 1.71. The standard InChI is InChI=1S/C13H14F2N2O/c1-9(5-6-16)17(2)8-13(18)10-3-4-11(14)12(15)7-10/h3-4,7,9H,5,8H2,1-2H3. The number of halogens is 2. The molecule has 0 N–H and O–H groups in total. The van der Waals surface area contributed by atoms with Gasteiger partial charge in [-0.05, 0) is 32.2 Å². The zero-order valence-corrected chi connectivity index (χ0v) is 10.3. The van der Waals surface area contributed by atoms with E-state index >= 15 is 0 Å². The van der Waals surface area contributed by atoms with Crippen LogP contribution in [0.3, 0.4) is 0 Å². The number of carbonyl (C=O) groups excluding carboxylic acids is 1. The van der Waals surface area contributed by atoms with Crippen molar-refractivity contribution >= 4 is 5.78 Å². The molecule has 0 bridgehead atoms. The molecule has 0 aliphatic rings. The van der Waals surface area contributed by atoms with Gasteiger partial charge in [-0.25, -0.2) is 8.78 Å². The molecule has 0 saturated carbocycles. The fourth-order valence-electron chi connectivity index (χ4n) is 1.43. The zero-order valence-electron chi connectivity index (χ0n) is 10.3. The number of likely N-dealkylation sites (N-methyl/N-ethyl adjacent to an activating group) is 1. The summed E-state index contributed by atoms with van der Waals surface area (Å²) in [6.07, 6.45) is 0.307. The summed E-state index contributed by atoms with van der Waals surface area (Å²) in [6, 6.07) is 5.02. The minimum atomic E-state index is -1.03. The van der Waals surface area contributed by atoms with Gasteiger partial charge in [0.25, 0.3) is 0 Å². The molecule has 18 heavy (non-hydrogen) atoms. The molecule has 1 aromatic carbocycles. The Hall–Kier alpha value is -1.80. The average molecular weight is 252 g/mol. The number of hydrogen-bond acceptors (Lipinski definition) is 3. The summed E-state index contributed by atoms with van der Waals surface area (Å²) in [6.45, 7) is 1.88. The lowest BCUT2D eigenvalue weighted by Crippen LogP contribution is -2.33. The lowest BCUT2D eigenvalue weighted by atomic mass is 10.1. The van der Waals surface area contributed by atoms with Crippen LogP contribution < -0.4 is 0 Å². The first-order valence-corrected chi connectivity index (χ1v) is 5.51. The van der Waals surface area contributed by atoms with Gasteiger partial charge in [0.05, 0.1) is 19.0 Å². The number of hydrogen-bond donors (Lipinski definition) is 0. The molecule has 1 unspecified atom stereocenters. The van der Waals surface area contributed by atoms with Crippen molar-refractivity contribution < 1.29 is 13.6 Å². The second-order valence-corrected chi connectivity index (χ2v) is 4.18. The van der Waals surface area contributed by atoms with E-state index in [1.165, 1.54) is 6.07 Å². The monoisotopic (exact) mass is 252 g/mol. The van der Waals surface area contributed by atoms with Crippen molar-refractivity contribution in [3.8, 4) is 6.07 Å². The molecule has 0 amide bonds. The Morgan fingerprint density at radius 1 is 1.44 bits per heavy atom. The van der Waals surface area contributed by atoms with Crippen molar-refractivity contribution in [2.24, 2.45) is 0 Å². The number of ketones is 1. The lowest BCUT2D eigenvalue weighted by molar-refractivity contribution is 0.0925. The molecule has 0 spiro atoms. The Bertz CT molecular complexity index is 482. The first kappa shape index (κ1) is 14.3. The third-order valence-electron chi connectivity index (χ3n) is 2.77.